The molecule has 0 bridgehead atoms. The molecule has 22 heavy (non-hydrogen) atoms. The summed E-state index contributed by atoms with van der Waals surface area (Å²) < 4.78 is 2.53. The first-order valence-corrected chi connectivity index (χ1v) is 8.23. The molecule has 0 aromatic heterocycles. The predicted octanol–water partition coefficient (Wildman–Crippen LogP) is 1.77. The van der Waals surface area contributed by atoms with Crippen LogP contribution in [0.3, 0.4) is 0 Å². The average Bonchev–Trinajstić information content (AvgIpc) is 2.90. The Morgan fingerprint density at radius 1 is 1.41 bits per heavy atom. The third-order valence-corrected chi connectivity index (χ3v) is 4.66. The molecule has 2 N–H and O–H groups in total. The third-order valence-electron chi connectivity index (χ3n) is 4.30. The van der Waals surface area contributed by atoms with Crippen LogP contribution in [0.5, 0.6) is 0 Å². The number of piperidine rings is 1. The maximum absolute atomic E-state index is 11.3. The van der Waals surface area contributed by atoms with Gasteiger partial charge in [0.2, 0.25) is 5.91 Å². The molecule has 0 aromatic carbocycles. The van der Waals surface area contributed by atoms with Gasteiger partial charge in [-0.15, -0.1) is 0 Å². The van der Waals surface area contributed by atoms with E-state index in [1.165, 1.54) is 0 Å². The first kappa shape index (κ1) is 15.2. The molecule has 8 heteroatoms. The zero-order chi connectivity index (χ0) is 15.7. The van der Waals surface area contributed by atoms with Gasteiger partial charge in [-0.3, -0.25) is 4.79 Å². The third kappa shape index (κ3) is 3.06. The summed E-state index contributed by atoms with van der Waals surface area (Å²) >= 11 is 3.28. The largest absolute Gasteiger partial charge is 0.382 e. The Labute approximate surface area is 137 Å². The fourth-order valence-corrected chi connectivity index (χ4v) is 3.29. The number of carbonyl (C=O) groups excluding carboxylic acids is 1. The van der Waals surface area contributed by atoms with Crippen LogP contribution in [0.4, 0.5) is 5.82 Å². The summed E-state index contributed by atoms with van der Waals surface area (Å²) in [6.45, 7) is 4.20. The second-order valence-corrected chi connectivity index (χ2v) is 6.44. The molecule has 3 heterocycles. The van der Waals surface area contributed by atoms with Gasteiger partial charge in [-0.05, 0) is 41.1 Å². The molecule has 3 rings (SSSR count). The Kier molecular flexibility index (Phi) is 4.28. The van der Waals surface area contributed by atoms with Crippen LogP contribution in [0.15, 0.2) is 11.1 Å². The molecule has 1 fully saturated rings. The molecule has 7 nitrogen and oxygen atoms in total. The lowest BCUT2D eigenvalue weighted by molar-refractivity contribution is -0.130. The van der Waals surface area contributed by atoms with Crippen molar-refractivity contribution in [1.29, 1.82) is 0 Å². The second-order valence-electron chi connectivity index (χ2n) is 5.73. The van der Waals surface area contributed by atoms with Crippen molar-refractivity contribution in [2.45, 2.75) is 32.7 Å². The minimum Gasteiger partial charge on any atom is -0.382 e. The highest BCUT2D eigenvalue weighted by atomic mass is 79.9. The molecular weight excluding hydrogens is 348 g/mol. The number of carbonyl (C=O) groups is 1. The number of hydrogen-bond donors (Lipinski definition) is 1. The van der Waals surface area contributed by atoms with Crippen LogP contribution in [0.25, 0.3) is 11.5 Å². The highest BCUT2D eigenvalue weighted by Gasteiger charge is 2.22. The monoisotopic (exact) mass is 366 g/mol. The van der Waals surface area contributed by atoms with Crippen LogP contribution in [0.2, 0.25) is 0 Å². The normalized spacial score (nSPS) is 16.4. The van der Waals surface area contributed by atoms with Gasteiger partial charge in [-0.1, -0.05) is 0 Å². The first-order chi connectivity index (χ1) is 10.5. The SMILES string of the molecule is CC(=O)N1CCC(CCn2cnc(N)c3nc(Br)nc2-3)CC1. The number of imidazole rings is 1. The second kappa shape index (κ2) is 6.20. The van der Waals surface area contributed by atoms with Gasteiger partial charge in [-0.25, -0.2) is 15.0 Å². The fourth-order valence-electron chi connectivity index (χ4n) is 2.95. The summed E-state index contributed by atoms with van der Waals surface area (Å²) in [5.74, 6) is 1.97. The van der Waals surface area contributed by atoms with E-state index in [2.05, 4.69) is 30.9 Å². The first-order valence-electron chi connectivity index (χ1n) is 7.44. The minimum atomic E-state index is 0.175. The number of nitrogen functional groups attached to an aromatic ring is 1. The van der Waals surface area contributed by atoms with E-state index >= 15 is 0 Å². The van der Waals surface area contributed by atoms with Crippen molar-refractivity contribution in [1.82, 2.24) is 24.4 Å². The van der Waals surface area contributed by atoms with Crippen molar-refractivity contribution >= 4 is 27.7 Å². The van der Waals surface area contributed by atoms with Gasteiger partial charge in [0, 0.05) is 26.6 Å². The minimum absolute atomic E-state index is 0.175. The van der Waals surface area contributed by atoms with Crippen molar-refractivity contribution in [3.8, 4) is 11.5 Å². The molecule has 0 radical (unpaired) electrons. The molecule has 0 saturated carbocycles. The van der Waals surface area contributed by atoms with E-state index in [-0.39, 0.29) is 5.91 Å². The van der Waals surface area contributed by atoms with E-state index in [9.17, 15) is 4.79 Å². The van der Waals surface area contributed by atoms with E-state index in [0.29, 0.717) is 22.2 Å². The maximum atomic E-state index is 11.3. The van der Waals surface area contributed by atoms with Crippen LogP contribution >= 0.6 is 15.9 Å². The Morgan fingerprint density at radius 3 is 2.82 bits per heavy atom. The Morgan fingerprint density at radius 2 is 2.14 bits per heavy atom. The zero-order valence-corrected chi connectivity index (χ0v) is 14.1. The maximum Gasteiger partial charge on any atom is 0.219 e. The number of rotatable bonds is 3. The van der Waals surface area contributed by atoms with Crippen molar-refractivity contribution in [2.75, 3.05) is 18.8 Å². The summed E-state index contributed by atoms with van der Waals surface area (Å²) in [5.41, 5.74) is 6.48. The van der Waals surface area contributed by atoms with Gasteiger partial charge >= 0.3 is 0 Å². The summed E-state index contributed by atoms with van der Waals surface area (Å²) in [7, 11) is 0. The van der Waals surface area contributed by atoms with Gasteiger partial charge in [0.25, 0.3) is 0 Å². The molecular formula is C14H19BrN6O. The molecule has 0 spiro atoms. The van der Waals surface area contributed by atoms with Gasteiger partial charge in [-0.2, -0.15) is 0 Å². The van der Waals surface area contributed by atoms with Crippen molar-refractivity contribution < 1.29 is 4.79 Å². The Bertz CT molecular complexity index is 649. The molecule has 0 unspecified atom stereocenters. The van der Waals surface area contributed by atoms with E-state index in [4.69, 9.17) is 5.73 Å². The summed E-state index contributed by atoms with van der Waals surface area (Å²) in [6, 6.07) is 0. The number of nitrogens with two attached hydrogens (primary N) is 1. The number of hydrogen-bond acceptors (Lipinski definition) is 5. The molecule has 0 aromatic rings. The van der Waals surface area contributed by atoms with Crippen LogP contribution in [0.1, 0.15) is 26.2 Å². The smallest absolute Gasteiger partial charge is 0.219 e. The topological polar surface area (TPSA) is 89.9 Å². The predicted molar refractivity (Wildman–Crippen MR) is 86.1 cm³/mol. The van der Waals surface area contributed by atoms with Crippen LogP contribution in [-0.4, -0.2) is 43.4 Å². The standard InChI is InChI=1S/C14H19BrN6O/c1-9(22)20-5-2-10(3-6-20)4-7-21-8-17-12(16)11-13(21)19-14(15)18-11/h8,10H,2-7,16H2,1H3. The lowest BCUT2D eigenvalue weighted by Crippen LogP contribution is -2.37. The highest BCUT2D eigenvalue weighted by molar-refractivity contribution is 9.10. The van der Waals surface area contributed by atoms with Gasteiger partial charge in [0.1, 0.15) is 0 Å². The van der Waals surface area contributed by atoms with Crippen molar-refractivity contribution in [3.05, 3.63) is 11.1 Å². The summed E-state index contributed by atoms with van der Waals surface area (Å²) in [5, 5.41) is 0. The van der Waals surface area contributed by atoms with Crippen LogP contribution in [0, 0.1) is 5.92 Å². The number of aromatic nitrogens is 4. The van der Waals surface area contributed by atoms with Gasteiger partial charge < -0.3 is 15.2 Å². The fraction of sp³-hybridized carbons (Fsp3) is 0.571. The number of halogens is 1. The molecule has 0 atom stereocenters. The van der Waals surface area contributed by atoms with Crippen LogP contribution < -0.4 is 5.73 Å². The average molecular weight is 367 g/mol. The summed E-state index contributed by atoms with van der Waals surface area (Å²) in [6.07, 6.45) is 4.88. The number of aryl methyl sites for hydroxylation is 1. The Hall–Kier alpha value is -1.70. The number of anilines is 1. The molecule has 3 aliphatic heterocycles. The van der Waals surface area contributed by atoms with Crippen molar-refractivity contribution in [2.24, 2.45) is 5.92 Å². The number of amides is 1. The zero-order valence-electron chi connectivity index (χ0n) is 12.5. The molecule has 3 aliphatic rings. The number of likely N-dealkylation sites (tertiary alicyclic amines) is 1. The number of fused-ring (bicyclic) bond motifs is 1. The summed E-state index contributed by atoms with van der Waals surface area (Å²) in [4.78, 5) is 26.1. The van der Waals surface area contributed by atoms with E-state index in [0.717, 1.165) is 44.7 Å². The van der Waals surface area contributed by atoms with E-state index < -0.39 is 0 Å². The molecule has 118 valence electrons. The lowest BCUT2D eigenvalue weighted by atomic mass is 9.93. The highest BCUT2D eigenvalue weighted by Crippen LogP contribution is 2.27. The lowest BCUT2D eigenvalue weighted by Gasteiger charge is -2.31. The quantitative estimate of drug-likeness (QED) is 0.836. The Balaban J connectivity index is 1.63. The van der Waals surface area contributed by atoms with Gasteiger partial charge in [0.05, 0.1) is 6.33 Å². The van der Waals surface area contributed by atoms with E-state index in [1.807, 2.05) is 9.47 Å². The molecule has 1 saturated heterocycles. The number of nitrogens with zero attached hydrogens (tertiary/aromatic N) is 5. The van der Waals surface area contributed by atoms with Gasteiger partial charge in [0.15, 0.2) is 22.1 Å². The molecule has 0 aliphatic carbocycles. The van der Waals surface area contributed by atoms with Crippen LogP contribution in [-0.2, 0) is 11.3 Å². The van der Waals surface area contributed by atoms with Crippen molar-refractivity contribution in [3.63, 3.8) is 0 Å². The molecule has 1 amide bonds. The van der Waals surface area contributed by atoms with E-state index in [1.54, 1.807) is 13.3 Å².